The van der Waals surface area contributed by atoms with Gasteiger partial charge in [-0.2, -0.15) is 0 Å². The van der Waals surface area contributed by atoms with Gasteiger partial charge in [0.15, 0.2) is 5.76 Å². The number of rotatable bonds is 6. The molecule has 0 spiro atoms. The molecule has 132 valence electrons. The number of fused-ring (bicyclic) bond motifs is 1. The number of carbonyl (C=O) groups excluding carboxylic acids is 2. The molecule has 3 rings (SSSR count). The maximum absolute atomic E-state index is 12.3. The topological polar surface area (TPSA) is 71.8 Å². The second kappa shape index (κ2) is 7.42. The summed E-state index contributed by atoms with van der Waals surface area (Å²) in [6.07, 6.45) is 2.65. The molecule has 0 aliphatic carbocycles. The highest BCUT2D eigenvalue weighted by Crippen LogP contribution is 2.33. The molecule has 1 aromatic heterocycles. The van der Waals surface area contributed by atoms with Crippen LogP contribution in [0.5, 0.6) is 0 Å². The second-order valence-electron chi connectivity index (χ2n) is 6.17. The largest absolute Gasteiger partial charge is 0.469 e. The number of benzene rings is 1. The molecule has 0 saturated carbocycles. The average molecular weight is 342 g/mol. The van der Waals surface area contributed by atoms with Crippen molar-refractivity contribution in [1.29, 1.82) is 0 Å². The van der Waals surface area contributed by atoms with Gasteiger partial charge >= 0.3 is 5.97 Å². The third kappa shape index (κ3) is 3.68. The van der Waals surface area contributed by atoms with Gasteiger partial charge in [-0.1, -0.05) is 18.2 Å². The Bertz CT molecular complexity index is 768. The molecule has 0 unspecified atom stereocenters. The van der Waals surface area contributed by atoms with Crippen molar-refractivity contribution >= 4 is 17.6 Å². The molecule has 1 aliphatic heterocycles. The van der Waals surface area contributed by atoms with Crippen molar-refractivity contribution < 1.29 is 18.7 Å². The van der Waals surface area contributed by atoms with Crippen molar-refractivity contribution in [3.05, 3.63) is 53.5 Å². The standard InChI is InChI=1S/C19H22N2O4/c1-13-11-14-5-3-4-6-16(14)21(13)12-15-8-10-25-18(15)19(23)20-9-7-17(22)24-2/h3-6,8,10,13H,7,9,11-12H2,1-2H3,(H,20,23)/t13-/m0/s1. The zero-order valence-corrected chi connectivity index (χ0v) is 14.5. The lowest BCUT2D eigenvalue weighted by Gasteiger charge is -2.24. The van der Waals surface area contributed by atoms with Crippen molar-refractivity contribution in [3.8, 4) is 0 Å². The number of para-hydroxylation sites is 1. The summed E-state index contributed by atoms with van der Waals surface area (Å²) in [5.41, 5.74) is 3.36. The highest BCUT2D eigenvalue weighted by atomic mass is 16.5. The number of hydrogen-bond acceptors (Lipinski definition) is 5. The summed E-state index contributed by atoms with van der Waals surface area (Å²) >= 11 is 0. The molecule has 0 bridgehead atoms. The van der Waals surface area contributed by atoms with Gasteiger partial charge in [0.25, 0.3) is 5.91 Å². The summed E-state index contributed by atoms with van der Waals surface area (Å²) in [6, 6.07) is 10.5. The molecular formula is C19H22N2O4. The minimum absolute atomic E-state index is 0.134. The number of hydrogen-bond donors (Lipinski definition) is 1. The third-order valence-electron chi connectivity index (χ3n) is 4.48. The first-order valence-electron chi connectivity index (χ1n) is 8.36. The molecule has 1 amide bonds. The Morgan fingerprint density at radius 2 is 2.12 bits per heavy atom. The monoisotopic (exact) mass is 342 g/mol. The Morgan fingerprint density at radius 3 is 2.92 bits per heavy atom. The quantitative estimate of drug-likeness (QED) is 0.817. The Labute approximate surface area is 146 Å². The van der Waals surface area contributed by atoms with Crippen LogP contribution in [-0.4, -0.2) is 31.6 Å². The van der Waals surface area contributed by atoms with Crippen LogP contribution >= 0.6 is 0 Å². The maximum atomic E-state index is 12.3. The maximum Gasteiger partial charge on any atom is 0.307 e. The Kier molecular flexibility index (Phi) is 5.07. The van der Waals surface area contributed by atoms with Crippen LogP contribution in [0.15, 0.2) is 41.0 Å². The number of esters is 1. The van der Waals surface area contributed by atoms with E-state index >= 15 is 0 Å². The minimum Gasteiger partial charge on any atom is -0.469 e. The lowest BCUT2D eigenvalue weighted by molar-refractivity contribution is -0.140. The molecule has 6 nitrogen and oxygen atoms in total. The smallest absolute Gasteiger partial charge is 0.307 e. The molecule has 25 heavy (non-hydrogen) atoms. The average Bonchev–Trinajstić information content (AvgIpc) is 3.20. The Hall–Kier alpha value is -2.76. The fraction of sp³-hybridized carbons (Fsp3) is 0.368. The first-order chi connectivity index (χ1) is 12.1. The predicted molar refractivity (Wildman–Crippen MR) is 93.5 cm³/mol. The lowest BCUT2D eigenvalue weighted by atomic mass is 10.1. The third-order valence-corrected chi connectivity index (χ3v) is 4.48. The molecule has 1 aromatic carbocycles. The van der Waals surface area contributed by atoms with E-state index < -0.39 is 0 Å². The Morgan fingerprint density at radius 1 is 1.32 bits per heavy atom. The van der Waals surface area contributed by atoms with E-state index in [1.165, 1.54) is 24.6 Å². The van der Waals surface area contributed by atoms with Crippen LogP contribution < -0.4 is 10.2 Å². The Balaban J connectivity index is 1.68. The molecule has 0 radical (unpaired) electrons. The van der Waals surface area contributed by atoms with Gasteiger partial charge < -0.3 is 19.4 Å². The molecular weight excluding hydrogens is 320 g/mol. The van der Waals surface area contributed by atoms with Crippen LogP contribution in [0.3, 0.4) is 0 Å². The lowest BCUT2D eigenvalue weighted by Crippen LogP contribution is -2.31. The first-order valence-corrected chi connectivity index (χ1v) is 8.36. The fourth-order valence-corrected chi connectivity index (χ4v) is 3.17. The zero-order chi connectivity index (χ0) is 17.8. The molecule has 2 heterocycles. The number of nitrogens with zero attached hydrogens (tertiary/aromatic N) is 1. The predicted octanol–water partition coefficient (Wildman–Crippen LogP) is 2.52. The summed E-state index contributed by atoms with van der Waals surface area (Å²) in [5.74, 6) is -0.382. The van der Waals surface area contributed by atoms with Gasteiger partial charge in [-0.05, 0) is 31.0 Å². The van der Waals surface area contributed by atoms with E-state index in [0.717, 1.165) is 12.0 Å². The molecule has 1 atom stereocenters. The summed E-state index contributed by atoms with van der Waals surface area (Å²) in [4.78, 5) is 25.7. The number of amides is 1. The number of carbonyl (C=O) groups is 2. The van der Waals surface area contributed by atoms with E-state index in [2.05, 4.69) is 34.0 Å². The first kappa shape index (κ1) is 17.1. The number of anilines is 1. The zero-order valence-electron chi connectivity index (χ0n) is 14.5. The van der Waals surface area contributed by atoms with Crippen LogP contribution in [0.1, 0.15) is 35.0 Å². The SMILES string of the molecule is COC(=O)CCNC(=O)c1occc1CN1c2ccccc2C[C@@H]1C. The van der Waals surface area contributed by atoms with Crippen LogP contribution in [0.2, 0.25) is 0 Å². The summed E-state index contributed by atoms with van der Waals surface area (Å²) in [6.45, 7) is 3.00. The van der Waals surface area contributed by atoms with Crippen LogP contribution in [-0.2, 0) is 22.5 Å². The highest BCUT2D eigenvalue weighted by molar-refractivity contribution is 5.93. The van der Waals surface area contributed by atoms with Crippen LogP contribution in [0, 0.1) is 0 Å². The second-order valence-corrected chi connectivity index (χ2v) is 6.17. The van der Waals surface area contributed by atoms with E-state index in [0.29, 0.717) is 18.3 Å². The molecule has 0 fully saturated rings. The van der Waals surface area contributed by atoms with E-state index in [9.17, 15) is 9.59 Å². The minimum atomic E-state index is -0.359. The van der Waals surface area contributed by atoms with Gasteiger partial charge in [0.05, 0.1) is 19.8 Å². The van der Waals surface area contributed by atoms with Gasteiger partial charge in [0.1, 0.15) is 0 Å². The van der Waals surface area contributed by atoms with Crippen molar-refractivity contribution in [3.63, 3.8) is 0 Å². The molecule has 1 aliphatic rings. The molecule has 6 heteroatoms. The van der Waals surface area contributed by atoms with Gasteiger partial charge in [-0.3, -0.25) is 9.59 Å². The number of furan rings is 1. The van der Waals surface area contributed by atoms with E-state index in [4.69, 9.17) is 4.42 Å². The van der Waals surface area contributed by atoms with E-state index in [-0.39, 0.29) is 24.8 Å². The van der Waals surface area contributed by atoms with Crippen molar-refractivity contribution in [2.45, 2.75) is 32.4 Å². The van der Waals surface area contributed by atoms with Gasteiger partial charge in [0, 0.05) is 30.4 Å². The normalized spacial score (nSPS) is 15.8. The van der Waals surface area contributed by atoms with Gasteiger partial charge in [-0.15, -0.1) is 0 Å². The summed E-state index contributed by atoms with van der Waals surface area (Å²) < 4.78 is 9.95. The van der Waals surface area contributed by atoms with Crippen LogP contribution in [0.25, 0.3) is 0 Å². The number of nitrogens with one attached hydrogen (secondary N) is 1. The number of ether oxygens (including phenoxy) is 1. The fourth-order valence-electron chi connectivity index (χ4n) is 3.17. The van der Waals surface area contributed by atoms with Crippen LogP contribution in [0.4, 0.5) is 5.69 Å². The summed E-state index contributed by atoms with van der Waals surface area (Å²) in [7, 11) is 1.32. The molecule has 1 N–H and O–H groups in total. The highest BCUT2D eigenvalue weighted by Gasteiger charge is 2.27. The van der Waals surface area contributed by atoms with Crippen molar-refractivity contribution in [2.24, 2.45) is 0 Å². The van der Waals surface area contributed by atoms with Crippen molar-refractivity contribution in [1.82, 2.24) is 5.32 Å². The molecule has 2 aromatic rings. The summed E-state index contributed by atoms with van der Waals surface area (Å²) in [5, 5.41) is 2.69. The van der Waals surface area contributed by atoms with E-state index in [1.54, 1.807) is 0 Å². The van der Waals surface area contributed by atoms with Crippen molar-refractivity contribution in [2.75, 3.05) is 18.6 Å². The van der Waals surface area contributed by atoms with E-state index in [1.807, 2.05) is 18.2 Å². The molecule has 0 saturated heterocycles. The number of methoxy groups -OCH3 is 1. The van der Waals surface area contributed by atoms with Gasteiger partial charge in [0.2, 0.25) is 0 Å². The van der Waals surface area contributed by atoms with Gasteiger partial charge in [-0.25, -0.2) is 0 Å².